The van der Waals surface area contributed by atoms with Gasteiger partial charge in [-0.2, -0.15) is 0 Å². The van der Waals surface area contributed by atoms with Crippen molar-refractivity contribution in [3.63, 3.8) is 0 Å². The fourth-order valence-corrected chi connectivity index (χ4v) is 4.00. The summed E-state index contributed by atoms with van der Waals surface area (Å²) in [6, 6.07) is 8.74. The first kappa shape index (κ1) is 12.9. The average Bonchev–Trinajstić information content (AvgIpc) is 3.19. The molecule has 1 nitrogen and oxygen atoms in total. The quantitative estimate of drug-likeness (QED) is 0.765. The van der Waals surface area contributed by atoms with E-state index in [1.807, 2.05) is 0 Å². The zero-order valence-electron chi connectivity index (χ0n) is 12.1. The molecule has 0 spiro atoms. The van der Waals surface area contributed by atoms with Gasteiger partial charge in [0.15, 0.2) is 0 Å². The summed E-state index contributed by atoms with van der Waals surface area (Å²) in [7, 11) is 0. The van der Waals surface area contributed by atoms with Crippen LogP contribution >= 0.6 is 0 Å². The van der Waals surface area contributed by atoms with E-state index in [0.29, 0.717) is 29.5 Å². The average molecular weight is 256 g/mol. The molecule has 1 fully saturated rings. The van der Waals surface area contributed by atoms with Crippen LogP contribution in [0.5, 0.6) is 0 Å². The molecule has 1 heteroatoms. The largest absolute Gasteiger partial charge is 0.299 e. The molecule has 1 aromatic rings. The molecule has 102 valence electrons. The Bertz CT molecular complexity index is 472. The number of aryl methyl sites for hydroxylation is 1. The van der Waals surface area contributed by atoms with Gasteiger partial charge >= 0.3 is 0 Å². The number of hydrogen-bond donors (Lipinski definition) is 0. The first-order valence-corrected chi connectivity index (χ1v) is 7.86. The van der Waals surface area contributed by atoms with Gasteiger partial charge in [-0.1, -0.05) is 51.0 Å². The van der Waals surface area contributed by atoms with Crippen molar-refractivity contribution < 1.29 is 4.79 Å². The summed E-state index contributed by atoms with van der Waals surface area (Å²) in [5.74, 6) is 2.72. The summed E-state index contributed by atoms with van der Waals surface area (Å²) in [5.41, 5.74) is 2.96. The van der Waals surface area contributed by atoms with E-state index in [4.69, 9.17) is 0 Å². The summed E-state index contributed by atoms with van der Waals surface area (Å²) in [6.45, 7) is 4.41. The van der Waals surface area contributed by atoms with Crippen LogP contribution in [0.4, 0.5) is 0 Å². The van der Waals surface area contributed by atoms with Crippen molar-refractivity contribution in [1.82, 2.24) is 0 Å². The monoisotopic (exact) mass is 256 g/mol. The van der Waals surface area contributed by atoms with Crippen molar-refractivity contribution in [3.8, 4) is 0 Å². The second kappa shape index (κ2) is 5.11. The van der Waals surface area contributed by atoms with Crippen LogP contribution in [-0.4, -0.2) is 5.78 Å². The Morgan fingerprint density at radius 1 is 1.26 bits per heavy atom. The van der Waals surface area contributed by atoms with Crippen molar-refractivity contribution in [1.29, 1.82) is 0 Å². The summed E-state index contributed by atoms with van der Waals surface area (Å²) >= 11 is 0. The lowest BCUT2D eigenvalue weighted by molar-refractivity contribution is -0.121. The Labute approximate surface area is 116 Å². The highest BCUT2D eigenvalue weighted by Gasteiger charge is 2.56. The van der Waals surface area contributed by atoms with E-state index >= 15 is 0 Å². The molecule has 0 bridgehead atoms. The molecule has 0 aliphatic heterocycles. The molecule has 3 unspecified atom stereocenters. The van der Waals surface area contributed by atoms with E-state index in [1.54, 1.807) is 0 Å². The molecule has 0 amide bonds. The maximum Gasteiger partial charge on any atom is 0.137 e. The summed E-state index contributed by atoms with van der Waals surface area (Å²) < 4.78 is 0. The van der Waals surface area contributed by atoms with Crippen molar-refractivity contribution in [2.24, 2.45) is 17.8 Å². The molecule has 0 saturated heterocycles. The molecule has 0 heterocycles. The van der Waals surface area contributed by atoms with Crippen molar-refractivity contribution in [2.75, 3.05) is 0 Å². The Morgan fingerprint density at radius 3 is 2.74 bits per heavy atom. The number of ketones is 1. The molecule has 1 aromatic carbocycles. The highest BCUT2D eigenvalue weighted by atomic mass is 16.1. The standard InChI is InChI=1S/C18H24O/c1-3-12(4-2)11-16(19)18-15-10-9-13-7-5-6-8-14(13)17(15)18/h5-8,12,15,17-18H,3-4,9-11H2,1-2H3. The first-order chi connectivity index (χ1) is 9.26. The van der Waals surface area contributed by atoms with E-state index in [-0.39, 0.29) is 0 Å². The summed E-state index contributed by atoms with van der Waals surface area (Å²) in [4.78, 5) is 12.5. The Balaban J connectivity index is 1.72. The minimum atomic E-state index is 0.351. The second-order valence-electron chi connectivity index (χ2n) is 6.31. The number of carbonyl (C=O) groups is 1. The van der Waals surface area contributed by atoms with Gasteiger partial charge in [-0.05, 0) is 41.7 Å². The highest BCUT2D eigenvalue weighted by molar-refractivity contribution is 5.86. The van der Waals surface area contributed by atoms with Crippen molar-refractivity contribution >= 4 is 5.78 Å². The van der Waals surface area contributed by atoms with Crippen LogP contribution in [0.2, 0.25) is 0 Å². The minimum Gasteiger partial charge on any atom is -0.299 e. The van der Waals surface area contributed by atoms with Crippen LogP contribution in [0.3, 0.4) is 0 Å². The van der Waals surface area contributed by atoms with E-state index in [1.165, 1.54) is 24.0 Å². The zero-order valence-corrected chi connectivity index (χ0v) is 12.1. The van der Waals surface area contributed by atoms with Crippen molar-refractivity contribution in [3.05, 3.63) is 35.4 Å². The van der Waals surface area contributed by atoms with E-state index < -0.39 is 0 Å². The van der Waals surface area contributed by atoms with Gasteiger partial charge in [0.25, 0.3) is 0 Å². The fourth-order valence-electron chi connectivity index (χ4n) is 4.00. The third-order valence-electron chi connectivity index (χ3n) is 5.35. The van der Waals surface area contributed by atoms with Gasteiger partial charge in [0.05, 0.1) is 0 Å². The molecule has 0 aromatic heterocycles. The summed E-state index contributed by atoms with van der Waals surface area (Å²) in [6.07, 6.45) is 5.49. The van der Waals surface area contributed by atoms with E-state index in [9.17, 15) is 4.79 Å². The maximum absolute atomic E-state index is 12.5. The van der Waals surface area contributed by atoms with Crippen LogP contribution in [-0.2, 0) is 11.2 Å². The molecule has 1 saturated carbocycles. The van der Waals surface area contributed by atoms with Crippen molar-refractivity contribution in [2.45, 2.75) is 51.9 Å². The normalized spacial score (nSPS) is 27.8. The SMILES string of the molecule is CCC(CC)CC(=O)C1C2CCc3ccccc3C21. The van der Waals surface area contributed by atoms with Gasteiger partial charge in [0.2, 0.25) is 0 Å². The topological polar surface area (TPSA) is 17.1 Å². The molecule has 0 radical (unpaired) electrons. The van der Waals surface area contributed by atoms with Gasteiger partial charge in [0, 0.05) is 12.3 Å². The summed E-state index contributed by atoms with van der Waals surface area (Å²) in [5, 5.41) is 0. The Kier molecular flexibility index (Phi) is 3.47. The molecular weight excluding hydrogens is 232 g/mol. The minimum absolute atomic E-state index is 0.351. The van der Waals surface area contributed by atoms with Gasteiger partial charge in [0.1, 0.15) is 5.78 Å². The number of benzene rings is 1. The van der Waals surface area contributed by atoms with Crippen LogP contribution < -0.4 is 0 Å². The Hall–Kier alpha value is -1.11. The number of fused-ring (bicyclic) bond motifs is 3. The molecular formula is C18H24O. The fraction of sp³-hybridized carbons (Fsp3) is 0.611. The van der Waals surface area contributed by atoms with Gasteiger partial charge in [-0.3, -0.25) is 4.79 Å². The van der Waals surface area contributed by atoms with Crippen LogP contribution in [0.25, 0.3) is 0 Å². The first-order valence-electron chi connectivity index (χ1n) is 7.86. The lowest BCUT2D eigenvalue weighted by Crippen LogP contribution is -2.10. The predicted molar refractivity (Wildman–Crippen MR) is 78.2 cm³/mol. The number of Topliss-reactive ketones (excluding diaryl/α,β-unsaturated/α-hetero) is 1. The zero-order chi connectivity index (χ0) is 13.4. The highest BCUT2D eigenvalue weighted by Crippen LogP contribution is 2.60. The molecule has 2 aliphatic rings. The molecule has 0 N–H and O–H groups in total. The third-order valence-corrected chi connectivity index (χ3v) is 5.35. The lowest BCUT2D eigenvalue weighted by Gasteiger charge is -2.13. The number of rotatable bonds is 5. The lowest BCUT2D eigenvalue weighted by atomic mass is 9.92. The van der Waals surface area contributed by atoms with Gasteiger partial charge in [-0.25, -0.2) is 0 Å². The third kappa shape index (κ3) is 2.24. The predicted octanol–water partition coefficient (Wildman–Crippen LogP) is 4.36. The van der Waals surface area contributed by atoms with Gasteiger partial charge < -0.3 is 0 Å². The molecule has 3 atom stereocenters. The number of carbonyl (C=O) groups excluding carboxylic acids is 1. The van der Waals surface area contributed by atoms with Gasteiger partial charge in [-0.15, -0.1) is 0 Å². The molecule has 19 heavy (non-hydrogen) atoms. The number of hydrogen-bond acceptors (Lipinski definition) is 1. The van der Waals surface area contributed by atoms with Crippen LogP contribution in [0, 0.1) is 17.8 Å². The molecule has 2 aliphatic carbocycles. The second-order valence-corrected chi connectivity index (χ2v) is 6.31. The molecule has 3 rings (SSSR count). The smallest absolute Gasteiger partial charge is 0.137 e. The maximum atomic E-state index is 12.5. The van der Waals surface area contributed by atoms with E-state index in [2.05, 4.69) is 38.1 Å². The van der Waals surface area contributed by atoms with Crippen LogP contribution in [0.1, 0.15) is 56.6 Å². The van der Waals surface area contributed by atoms with E-state index in [0.717, 1.165) is 19.3 Å². The van der Waals surface area contributed by atoms with Crippen LogP contribution in [0.15, 0.2) is 24.3 Å². The Morgan fingerprint density at radius 2 is 2.00 bits per heavy atom.